The van der Waals surface area contributed by atoms with Crippen molar-refractivity contribution in [1.82, 2.24) is 19.5 Å². The molecule has 19 heavy (non-hydrogen) atoms. The fourth-order valence-electron chi connectivity index (χ4n) is 2.15. The van der Waals surface area contributed by atoms with Crippen LogP contribution in [0, 0.1) is 0 Å². The van der Waals surface area contributed by atoms with Crippen LogP contribution in [0.1, 0.15) is 6.92 Å². The van der Waals surface area contributed by atoms with E-state index >= 15 is 0 Å². The zero-order chi connectivity index (χ0) is 13.6. The number of nitrogens with zero attached hydrogens (tertiary/aromatic N) is 2. The maximum absolute atomic E-state index is 11.8. The highest BCUT2D eigenvalue weighted by molar-refractivity contribution is 5.75. The smallest absolute Gasteiger partial charge is 0.324 e. The van der Waals surface area contributed by atoms with Crippen LogP contribution in [0.15, 0.2) is 32.6 Å². The van der Waals surface area contributed by atoms with E-state index in [0.717, 1.165) is 0 Å². The molecule has 1 aromatic rings. The number of rotatable bonds is 1. The first-order valence-corrected chi connectivity index (χ1v) is 5.77. The standard InChI is InChI=1S/C12H10N4O3/c1-2-16-8-5-6(17)3-4-7(8)13-9-10(16)14-12(19)15-11(9)18/h3-5H,2H2,1H3,(H2,14,15,18,19). The van der Waals surface area contributed by atoms with Crippen LogP contribution >= 0.6 is 0 Å². The van der Waals surface area contributed by atoms with Crippen LogP contribution in [0.2, 0.25) is 0 Å². The molecule has 7 nitrogen and oxygen atoms in total. The second-order valence-corrected chi connectivity index (χ2v) is 4.11. The lowest BCUT2D eigenvalue weighted by molar-refractivity contribution is 0.772. The van der Waals surface area contributed by atoms with Gasteiger partial charge >= 0.3 is 5.69 Å². The molecule has 0 radical (unpaired) electrons. The van der Waals surface area contributed by atoms with Gasteiger partial charge in [0.2, 0.25) is 0 Å². The highest BCUT2D eigenvalue weighted by Gasteiger charge is 2.14. The number of hydrogen-bond donors (Lipinski definition) is 2. The molecule has 96 valence electrons. The Bertz CT molecular complexity index is 919. The summed E-state index contributed by atoms with van der Waals surface area (Å²) in [6, 6.07) is 4.39. The van der Waals surface area contributed by atoms with Gasteiger partial charge in [0.1, 0.15) is 5.65 Å². The highest BCUT2D eigenvalue weighted by Crippen LogP contribution is 2.20. The van der Waals surface area contributed by atoms with Crippen molar-refractivity contribution >= 4 is 11.2 Å². The second-order valence-electron chi connectivity index (χ2n) is 4.11. The number of aromatic amines is 2. The van der Waals surface area contributed by atoms with Crippen LogP contribution in [-0.2, 0) is 6.54 Å². The lowest BCUT2D eigenvalue weighted by atomic mass is 10.2. The molecule has 3 rings (SSSR count). The van der Waals surface area contributed by atoms with Gasteiger partial charge in [-0.3, -0.25) is 19.6 Å². The molecule has 2 aliphatic rings. The summed E-state index contributed by atoms with van der Waals surface area (Å²) < 4.78 is 1.69. The Hall–Kier alpha value is -2.70. The Kier molecular flexibility index (Phi) is 2.34. The molecule has 2 heterocycles. The fraction of sp³-hybridized carbons (Fsp3) is 0.167. The van der Waals surface area contributed by atoms with Crippen LogP contribution in [0.3, 0.4) is 0 Å². The van der Waals surface area contributed by atoms with Crippen LogP contribution < -0.4 is 16.7 Å². The molecule has 0 unspecified atom stereocenters. The molecule has 1 aliphatic carbocycles. The number of aryl methyl sites for hydroxylation is 1. The minimum absolute atomic E-state index is 0.146. The normalized spacial score (nSPS) is 11.2. The summed E-state index contributed by atoms with van der Waals surface area (Å²) in [5.74, 6) is 0. The molecule has 1 aliphatic heterocycles. The molecule has 1 aromatic heterocycles. The van der Waals surface area contributed by atoms with Gasteiger partial charge in [-0.25, -0.2) is 9.78 Å². The van der Waals surface area contributed by atoms with E-state index in [4.69, 9.17) is 0 Å². The zero-order valence-corrected chi connectivity index (χ0v) is 10.1. The van der Waals surface area contributed by atoms with Crippen molar-refractivity contribution < 1.29 is 0 Å². The van der Waals surface area contributed by atoms with Crippen molar-refractivity contribution in [1.29, 1.82) is 0 Å². The molecule has 0 saturated carbocycles. The molecule has 7 heteroatoms. The molecule has 0 saturated heterocycles. The summed E-state index contributed by atoms with van der Waals surface area (Å²) in [6.45, 7) is 2.36. The molecule has 0 fully saturated rings. The van der Waals surface area contributed by atoms with Gasteiger partial charge in [0.25, 0.3) is 5.56 Å². The van der Waals surface area contributed by atoms with Crippen molar-refractivity contribution in [3.8, 4) is 11.4 Å². The minimum Gasteiger partial charge on any atom is -0.324 e. The van der Waals surface area contributed by atoms with Gasteiger partial charge in [-0.05, 0) is 19.1 Å². The summed E-state index contributed by atoms with van der Waals surface area (Å²) in [5.41, 5.74) is 0.286. The third kappa shape index (κ3) is 1.67. The average molecular weight is 258 g/mol. The molecule has 0 spiro atoms. The quantitative estimate of drug-likeness (QED) is 0.595. The van der Waals surface area contributed by atoms with Crippen LogP contribution in [0.4, 0.5) is 0 Å². The van der Waals surface area contributed by atoms with Crippen molar-refractivity contribution in [3.63, 3.8) is 0 Å². The second kappa shape index (κ2) is 3.91. The predicted molar refractivity (Wildman–Crippen MR) is 69.5 cm³/mol. The lowest BCUT2D eigenvalue weighted by Crippen LogP contribution is -2.26. The molecule has 0 amide bonds. The van der Waals surface area contributed by atoms with Gasteiger partial charge in [-0.1, -0.05) is 0 Å². The van der Waals surface area contributed by atoms with E-state index in [1.54, 1.807) is 10.6 Å². The largest absolute Gasteiger partial charge is 0.327 e. The molecular formula is C12H10N4O3. The van der Waals surface area contributed by atoms with Crippen molar-refractivity contribution in [2.45, 2.75) is 13.5 Å². The maximum atomic E-state index is 11.8. The van der Waals surface area contributed by atoms with E-state index < -0.39 is 11.2 Å². The Morgan fingerprint density at radius 2 is 2.00 bits per heavy atom. The predicted octanol–water partition coefficient (Wildman–Crippen LogP) is -0.102. The van der Waals surface area contributed by atoms with E-state index in [0.29, 0.717) is 23.6 Å². The molecular weight excluding hydrogens is 248 g/mol. The number of H-pyrrole nitrogens is 2. The Balaban J connectivity index is 2.65. The highest BCUT2D eigenvalue weighted by atomic mass is 16.2. The van der Waals surface area contributed by atoms with Crippen LogP contribution in [0.5, 0.6) is 0 Å². The lowest BCUT2D eigenvalue weighted by Gasteiger charge is -2.15. The zero-order valence-electron chi connectivity index (χ0n) is 10.1. The van der Waals surface area contributed by atoms with E-state index in [-0.39, 0.29) is 10.9 Å². The van der Waals surface area contributed by atoms with Gasteiger partial charge in [0.05, 0.1) is 11.4 Å². The van der Waals surface area contributed by atoms with Crippen LogP contribution in [0.25, 0.3) is 22.6 Å². The summed E-state index contributed by atoms with van der Waals surface area (Å²) >= 11 is 0. The molecule has 0 aromatic carbocycles. The van der Waals surface area contributed by atoms with Gasteiger partial charge in [-0.2, -0.15) is 0 Å². The van der Waals surface area contributed by atoms with E-state index in [1.165, 1.54) is 12.1 Å². The summed E-state index contributed by atoms with van der Waals surface area (Å²) in [6.07, 6.45) is 0. The van der Waals surface area contributed by atoms with Gasteiger partial charge < -0.3 is 4.57 Å². The van der Waals surface area contributed by atoms with Crippen LogP contribution in [-0.4, -0.2) is 19.5 Å². The van der Waals surface area contributed by atoms with Crippen molar-refractivity contribution in [2.24, 2.45) is 0 Å². The average Bonchev–Trinajstić information content (AvgIpc) is 2.36. The SMILES string of the molecule is CCn1c2cc(=O)ccc-2nc2c(=O)[nH]c(=O)[nH]c21. The third-order valence-electron chi connectivity index (χ3n) is 2.95. The molecule has 0 atom stereocenters. The van der Waals surface area contributed by atoms with Crippen molar-refractivity contribution in [2.75, 3.05) is 0 Å². The summed E-state index contributed by atoms with van der Waals surface area (Å²) in [4.78, 5) is 43.4. The Morgan fingerprint density at radius 3 is 2.74 bits per heavy atom. The Labute approximate surface area is 105 Å². The number of fused-ring (bicyclic) bond motifs is 2. The minimum atomic E-state index is -0.598. The van der Waals surface area contributed by atoms with E-state index in [1.807, 2.05) is 6.92 Å². The first-order chi connectivity index (χ1) is 9.10. The number of aromatic nitrogens is 4. The Morgan fingerprint density at radius 1 is 1.21 bits per heavy atom. The van der Waals surface area contributed by atoms with Gasteiger partial charge in [0, 0.05) is 12.6 Å². The molecule has 0 bridgehead atoms. The number of nitrogens with one attached hydrogen (secondary N) is 2. The summed E-state index contributed by atoms with van der Waals surface area (Å²) in [5, 5.41) is 0. The number of benzene rings is 1. The van der Waals surface area contributed by atoms with Gasteiger partial charge in [0.15, 0.2) is 10.9 Å². The molecule has 2 N–H and O–H groups in total. The monoisotopic (exact) mass is 258 g/mol. The maximum Gasteiger partial charge on any atom is 0.327 e. The van der Waals surface area contributed by atoms with Gasteiger partial charge in [-0.15, -0.1) is 0 Å². The van der Waals surface area contributed by atoms with E-state index in [2.05, 4.69) is 15.0 Å². The summed E-state index contributed by atoms with van der Waals surface area (Å²) in [7, 11) is 0. The topological polar surface area (TPSA) is 101 Å². The first kappa shape index (κ1) is 11.4. The number of hydrogen-bond acceptors (Lipinski definition) is 4. The van der Waals surface area contributed by atoms with Crippen molar-refractivity contribution in [3.05, 3.63) is 49.3 Å². The van der Waals surface area contributed by atoms with E-state index in [9.17, 15) is 14.4 Å². The fourth-order valence-corrected chi connectivity index (χ4v) is 2.15. The third-order valence-corrected chi connectivity index (χ3v) is 2.95. The first-order valence-electron chi connectivity index (χ1n) is 5.77.